The van der Waals surface area contributed by atoms with E-state index in [1.807, 2.05) is 0 Å². The van der Waals surface area contributed by atoms with Gasteiger partial charge in [0.1, 0.15) is 12.2 Å². The fraction of sp³-hybridized carbons (Fsp3) is 0.955. The lowest BCUT2D eigenvalue weighted by Gasteiger charge is -2.45. The van der Waals surface area contributed by atoms with E-state index in [9.17, 15) is 9.59 Å². The van der Waals surface area contributed by atoms with Gasteiger partial charge in [0, 0.05) is 0 Å². The molecule has 0 aliphatic heterocycles. The summed E-state index contributed by atoms with van der Waals surface area (Å²) in [5.74, 6) is 0.430. The van der Waals surface area contributed by atoms with Crippen LogP contribution in [0.25, 0.3) is 0 Å². The van der Waals surface area contributed by atoms with Gasteiger partial charge in [0.05, 0.1) is 11.1 Å². The zero-order valence-corrected chi connectivity index (χ0v) is 35.1. The average molecular weight is 693 g/mol. The van der Waals surface area contributed by atoms with E-state index in [1.54, 1.807) is 0 Å². The first kappa shape index (κ1) is 48.2. The number of rotatable bonds is 36. The lowest BCUT2D eigenvalue weighted by Crippen LogP contribution is -2.60. The molecule has 0 amide bonds. The summed E-state index contributed by atoms with van der Waals surface area (Å²) >= 11 is 0. The molecule has 0 bridgehead atoms. The van der Waals surface area contributed by atoms with Crippen molar-refractivity contribution in [2.24, 2.45) is 0 Å². The third-order valence-electron chi connectivity index (χ3n) is 12.0. The molecule has 2 atom stereocenters. The predicted octanol–water partition coefficient (Wildman–Crippen LogP) is 12.5. The van der Waals surface area contributed by atoms with Gasteiger partial charge in [0.2, 0.25) is 0 Å². The van der Waals surface area contributed by atoms with E-state index in [0.717, 1.165) is 90.4 Å². The Balaban J connectivity index is 6.26. The van der Waals surface area contributed by atoms with Crippen LogP contribution in [0.2, 0.25) is 0 Å². The van der Waals surface area contributed by atoms with E-state index in [0.29, 0.717) is 0 Å². The van der Waals surface area contributed by atoms with Crippen LogP contribution in [0.3, 0.4) is 0 Å². The number of hydrogen-bond donors (Lipinski definition) is 0. The van der Waals surface area contributed by atoms with Gasteiger partial charge < -0.3 is 4.74 Å². The molecule has 0 N–H and O–H groups in total. The molecule has 2 unspecified atom stereocenters. The number of ether oxygens (including phenoxy) is 1. The second-order valence-electron chi connectivity index (χ2n) is 14.9. The summed E-state index contributed by atoms with van der Waals surface area (Å²) in [6.45, 7) is 25.3. The fourth-order valence-electron chi connectivity index (χ4n) is 8.66. The van der Waals surface area contributed by atoms with Gasteiger partial charge in [0.15, 0.2) is 11.6 Å². The van der Waals surface area contributed by atoms with Gasteiger partial charge >= 0.3 is 0 Å². The molecule has 0 fully saturated rings. The summed E-state index contributed by atoms with van der Waals surface area (Å²) < 4.78 is 7.06. The van der Waals surface area contributed by atoms with Gasteiger partial charge in [-0.15, -0.1) is 0 Å². The Morgan fingerprint density at radius 1 is 0.408 bits per heavy atom. The molecule has 0 heterocycles. The summed E-state index contributed by atoms with van der Waals surface area (Å²) in [7, 11) is 0. The molecule has 0 radical (unpaired) electrons. The van der Waals surface area contributed by atoms with E-state index in [2.05, 4.69) is 79.0 Å². The Bertz CT molecular complexity index is 719. The van der Waals surface area contributed by atoms with Crippen LogP contribution in [0.15, 0.2) is 0 Å². The van der Waals surface area contributed by atoms with Gasteiger partial charge in [-0.05, 0) is 64.7 Å². The normalized spacial score (nSPS) is 13.8. The Morgan fingerprint density at radius 3 is 0.878 bits per heavy atom. The van der Waals surface area contributed by atoms with Crippen LogP contribution in [-0.2, 0) is 14.3 Å². The number of unbranched alkanes of at least 4 members (excludes halogenated alkanes) is 16. The van der Waals surface area contributed by atoms with Crippen LogP contribution in [-0.4, -0.2) is 70.8 Å². The van der Waals surface area contributed by atoms with Crippen molar-refractivity contribution in [3.05, 3.63) is 0 Å². The molecule has 0 rings (SSSR count). The van der Waals surface area contributed by atoms with Crippen molar-refractivity contribution in [1.82, 2.24) is 9.80 Å². The Morgan fingerprint density at radius 2 is 0.653 bits per heavy atom. The molecule has 0 saturated heterocycles. The Labute approximate surface area is 307 Å². The van der Waals surface area contributed by atoms with Crippen LogP contribution in [0, 0.1) is 0 Å². The molecule has 49 heavy (non-hydrogen) atoms. The number of likely N-dealkylation sites (N-methyl/N-ethyl adjacent to an activating group) is 2. The zero-order valence-electron chi connectivity index (χ0n) is 35.1. The molecule has 0 spiro atoms. The zero-order chi connectivity index (χ0) is 37.0. The molecule has 0 aromatic carbocycles. The van der Waals surface area contributed by atoms with E-state index in [4.69, 9.17) is 4.74 Å². The second kappa shape index (κ2) is 29.8. The molecule has 0 aliphatic rings. The van der Waals surface area contributed by atoms with Crippen LogP contribution in [0.5, 0.6) is 0 Å². The lowest BCUT2D eigenvalue weighted by molar-refractivity contribution is -0.159. The Kier molecular flexibility index (Phi) is 29.3. The second-order valence-corrected chi connectivity index (χ2v) is 14.9. The van der Waals surface area contributed by atoms with Crippen molar-refractivity contribution < 1.29 is 14.3 Å². The molecule has 5 nitrogen and oxygen atoms in total. The van der Waals surface area contributed by atoms with Crippen molar-refractivity contribution >= 4 is 11.6 Å². The maximum atomic E-state index is 14.9. The van der Waals surface area contributed by atoms with Crippen LogP contribution >= 0.6 is 0 Å². The van der Waals surface area contributed by atoms with E-state index in [1.165, 1.54) is 89.9 Å². The lowest BCUT2D eigenvalue weighted by atomic mass is 9.80. The molecule has 292 valence electrons. The summed E-state index contributed by atoms with van der Waals surface area (Å²) in [5, 5.41) is 0. The average Bonchev–Trinajstić information content (AvgIpc) is 3.12. The monoisotopic (exact) mass is 693 g/mol. The molecular weight excluding hydrogens is 604 g/mol. The van der Waals surface area contributed by atoms with E-state index in [-0.39, 0.29) is 11.6 Å². The first-order chi connectivity index (χ1) is 23.7. The highest BCUT2D eigenvalue weighted by Crippen LogP contribution is 2.33. The highest BCUT2D eigenvalue weighted by Gasteiger charge is 2.47. The standard InChI is InChI=1S/C44H88N2O3/c1-11-21-23-25-27-29-31-33-35-37-39(41(47)43(13-3,14-4)45(17-7)18-8)49-40(38-36-34-32-30-28-26-24-22-12-2)42(48)44(15-5,16-6)46(19-9)20-10/h39-40H,11-38H2,1-10H3. The molecular formula is C44H88N2O3. The number of carbonyl (C=O) groups is 2. The van der Waals surface area contributed by atoms with Gasteiger partial charge in [-0.2, -0.15) is 0 Å². The van der Waals surface area contributed by atoms with Crippen molar-refractivity contribution in [2.45, 2.75) is 247 Å². The minimum absolute atomic E-state index is 0.215. The van der Waals surface area contributed by atoms with Crippen LogP contribution in [0.4, 0.5) is 0 Å². The molecule has 5 heteroatoms. The Hall–Kier alpha value is -0.780. The van der Waals surface area contributed by atoms with Crippen LogP contribution < -0.4 is 0 Å². The maximum absolute atomic E-state index is 14.9. The summed E-state index contributed by atoms with van der Waals surface area (Å²) in [4.78, 5) is 34.5. The predicted molar refractivity (Wildman–Crippen MR) is 215 cm³/mol. The minimum atomic E-state index is -0.551. The number of nitrogens with zero attached hydrogens (tertiary/aromatic N) is 2. The quantitative estimate of drug-likeness (QED) is 0.0612. The summed E-state index contributed by atoms with van der Waals surface area (Å²) in [6, 6.07) is 0. The largest absolute Gasteiger partial charge is 0.359 e. The number of ketones is 2. The highest BCUT2D eigenvalue weighted by atomic mass is 16.5. The van der Waals surface area contributed by atoms with E-state index >= 15 is 0 Å². The van der Waals surface area contributed by atoms with Crippen molar-refractivity contribution in [1.29, 1.82) is 0 Å². The minimum Gasteiger partial charge on any atom is -0.359 e. The summed E-state index contributed by atoms with van der Waals surface area (Å²) in [5.41, 5.74) is -1.10. The van der Waals surface area contributed by atoms with Gasteiger partial charge in [-0.1, -0.05) is 185 Å². The third kappa shape index (κ3) is 16.2. The first-order valence-electron chi connectivity index (χ1n) is 22.0. The topological polar surface area (TPSA) is 49.9 Å². The van der Waals surface area contributed by atoms with Crippen molar-refractivity contribution in [3.8, 4) is 0 Å². The van der Waals surface area contributed by atoms with Gasteiger partial charge in [0.25, 0.3) is 0 Å². The molecule has 0 aliphatic carbocycles. The van der Waals surface area contributed by atoms with Gasteiger partial charge in [-0.3, -0.25) is 19.4 Å². The fourth-order valence-corrected chi connectivity index (χ4v) is 8.66. The van der Waals surface area contributed by atoms with Crippen LogP contribution in [0.1, 0.15) is 223 Å². The van der Waals surface area contributed by atoms with Gasteiger partial charge in [-0.25, -0.2) is 0 Å². The first-order valence-corrected chi connectivity index (χ1v) is 22.0. The molecule has 0 aromatic heterocycles. The van der Waals surface area contributed by atoms with Crippen molar-refractivity contribution in [2.75, 3.05) is 26.2 Å². The third-order valence-corrected chi connectivity index (χ3v) is 12.0. The number of hydrogen-bond acceptors (Lipinski definition) is 5. The van der Waals surface area contributed by atoms with Crippen molar-refractivity contribution in [3.63, 3.8) is 0 Å². The molecule has 0 aromatic rings. The number of Topliss-reactive ketones (excluding diaryl/α,β-unsaturated/α-hetero) is 2. The highest BCUT2D eigenvalue weighted by molar-refractivity contribution is 5.94. The van der Waals surface area contributed by atoms with E-state index < -0.39 is 23.3 Å². The smallest absolute Gasteiger partial charge is 0.181 e. The SMILES string of the molecule is CCCCCCCCCCCC(OC(CCCCCCCCCCC)C(=O)C(CC)(CC)N(CC)CC)C(=O)C(CC)(CC)N(CC)CC. The number of carbonyl (C=O) groups excluding carboxylic acids is 2. The molecule has 0 saturated carbocycles. The summed E-state index contributed by atoms with van der Waals surface area (Å²) in [6.07, 6.45) is 25.9. The maximum Gasteiger partial charge on any atom is 0.181 e.